The molecule has 41 heavy (non-hydrogen) atoms. The molecule has 0 radical (unpaired) electrons. The Bertz CT molecular complexity index is 1270. The lowest BCUT2D eigenvalue weighted by Gasteiger charge is -2.66. The molecule has 0 amide bonds. The van der Waals surface area contributed by atoms with Gasteiger partial charge in [0.1, 0.15) is 17.1 Å². The second-order valence-electron chi connectivity index (χ2n) is 14.1. The quantitative estimate of drug-likeness (QED) is 0.295. The number of esters is 3. The standard InChI is InChI=1S/C33H46O8/c1-19-16-25(37-21(3)34)17-24(28(19)38-22(4)35)18-31(9)20(2)10-13-30(8)26(31)11-14-32-27(30)12-15-33(41-32,39-23(5)36)40-29(32,6)7/h16-17,20,26-27H,10-15,18H2,1-9H3/t20-,26-,27-,30+,31+,32+,33+/m0/s1. The molecule has 5 rings (SSSR count). The minimum Gasteiger partial charge on any atom is -0.427 e. The van der Waals surface area contributed by atoms with Gasteiger partial charge in [-0.25, -0.2) is 0 Å². The maximum Gasteiger partial charge on any atom is 0.330 e. The van der Waals surface area contributed by atoms with Crippen LogP contribution in [0, 0.1) is 35.5 Å². The topological polar surface area (TPSA) is 97.4 Å². The average Bonchev–Trinajstić information content (AvgIpc) is 2.98. The fraction of sp³-hybridized carbons (Fsp3) is 0.727. The Balaban J connectivity index is 1.54. The smallest absolute Gasteiger partial charge is 0.330 e. The number of fused-ring (bicyclic) bond motifs is 3. The van der Waals surface area contributed by atoms with Crippen LogP contribution >= 0.6 is 0 Å². The van der Waals surface area contributed by atoms with Gasteiger partial charge in [0.25, 0.3) is 0 Å². The summed E-state index contributed by atoms with van der Waals surface area (Å²) in [6.45, 7) is 17.4. The minimum absolute atomic E-state index is 0.0446. The molecule has 0 aromatic heterocycles. The summed E-state index contributed by atoms with van der Waals surface area (Å²) in [4.78, 5) is 35.9. The summed E-state index contributed by atoms with van der Waals surface area (Å²) in [5, 5.41) is 0. The molecule has 4 aliphatic rings. The molecule has 1 aromatic carbocycles. The zero-order chi connectivity index (χ0) is 30.2. The summed E-state index contributed by atoms with van der Waals surface area (Å²) >= 11 is 0. The molecule has 1 spiro atoms. The highest BCUT2D eigenvalue weighted by molar-refractivity contribution is 5.72. The Kier molecular flexibility index (Phi) is 7.18. The SMILES string of the molecule is CC(=O)Oc1cc(C)c(OC(C)=O)c(C[C@@]2(C)[C@H]3CC[C@@]45O[C@@](OC(C)=O)(CC[C@H]4[C@]3(C)CC[C@@H]2C)OC5(C)C)c1. The molecule has 2 saturated carbocycles. The van der Waals surface area contributed by atoms with E-state index < -0.39 is 23.1 Å². The number of rotatable bonds is 5. The van der Waals surface area contributed by atoms with Crippen molar-refractivity contribution in [1.82, 2.24) is 0 Å². The number of carbonyl (C=O) groups is 3. The highest BCUT2D eigenvalue weighted by Crippen LogP contribution is 2.71. The first-order valence-corrected chi connectivity index (χ1v) is 15.1. The van der Waals surface area contributed by atoms with Crippen molar-refractivity contribution in [2.24, 2.45) is 28.6 Å². The molecule has 8 nitrogen and oxygen atoms in total. The molecule has 7 atom stereocenters. The van der Waals surface area contributed by atoms with Crippen LogP contribution in [0.2, 0.25) is 0 Å². The van der Waals surface area contributed by atoms with Crippen LogP contribution in [0.5, 0.6) is 11.5 Å². The molecular weight excluding hydrogens is 524 g/mol. The molecule has 2 saturated heterocycles. The third-order valence-corrected chi connectivity index (χ3v) is 11.2. The molecule has 0 unspecified atom stereocenters. The second kappa shape index (κ2) is 9.80. The van der Waals surface area contributed by atoms with Crippen LogP contribution in [0.4, 0.5) is 0 Å². The highest BCUT2D eigenvalue weighted by atomic mass is 16.9. The van der Waals surface area contributed by atoms with E-state index in [9.17, 15) is 14.4 Å². The van der Waals surface area contributed by atoms with Crippen molar-refractivity contribution in [2.45, 2.75) is 124 Å². The third kappa shape index (κ3) is 4.69. The normalized spacial score (nSPS) is 38.8. The van der Waals surface area contributed by atoms with Gasteiger partial charge in [0.2, 0.25) is 0 Å². The molecule has 8 heteroatoms. The maximum absolute atomic E-state index is 12.1. The molecular formula is C33H46O8. The van der Waals surface area contributed by atoms with Crippen LogP contribution in [0.3, 0.4) is 0 Å². The van der Waals surface area contributed by atoms with Gasteiger partial charge in [-0.05, 0) is 111 Å². The fourth-order valence-electron chi connectivity index (χ4n) is 9.47. The zero-order valence-corrected chi connectivity index (χ0v) is 26.1. The molecule has 2 aliphatic carbocycles. The zero-order valence-electron chi connectivity index (χ0n) is 26.1. The van der Waals surface area contributed by atoms with E-state index in [4.69, 9.17) is 23.7 Å². The Labute approximate surface area is 243 Å². The van der Waals surface area contributed by atoms with E-state index in [1.807, 2.05) is 13.0 Å². The van der Waals surface area contributed by atoms with Crippen LogP contribution in [0.1, 0.15) is 105 Å². The van der Waals surface area contributed by atoms with E-state index in [1.54, 1.807) is 6.07 Å². The van der Waals surface area contributed by atoms with Crippen LogP contribution in [-0.4, -0.2) is 35.1 Å². The van der Waals surface area contributed by atoms with E-state index >= 15 is 0 Å². The van der Waals surface area contributed by atoms with Crippen molar-refractivity contribution in [1.29, 1.82) is 0 Å². The summed E-state index contributed by atoms with van der Waals surface area (Å²) in [6, 6.07) is 3.62. The van der Waals surface area contributed by atoms with Crippen molar-refractivity contribution >= 4 is 17.9 Å². The predicted molar refractivity (Wildman–Crippen MR) is 151 cm³/mol. The molecule has 1 aromatic rings. The minimum atomic E-state index is -1.31. The number of hydrogen-bond acceptors (Lipinski definition) is 8. The van der Waals surface area contributed by atoms with E-state index in [-0.39, 0.29) is 28.7 Å². The molecule has 226 valence electrons. The van der Waals surface area contributed by atoms with Gasteiger partial charge in [-0.3, -0.25) is 14.4 Å². The van der Waals surface area contributed by atoms with Crippen molar-refractivity contribution < 1.29 is 38.1 Å². The predicted octanol–water partition coefficient (Wildman–Crippen LogP) is 6.43. The molecule has 2 aliphatic heterocycles. The maximum atomic E-state index is 12.1. The summed E-state index contributed by atoms with van der Waals surface area (Å²) in [5.74, 6) is -0.457. The lowest BCUT2D eigenvalue weighted by atomic mass is 9.40. The van der Waals surface area contributed by atoms with E-state index in [1.165, 1.54) is 20.8 Å². The van der Waals surface area contributed by atoms with Gasteiger partial charge in [0, 0.05) is 27.2 Å². The lowest BCUT2D eigenvalue weighted by Crippen LogP contribution is -2.67. The Morgan fingerprint density at radius 2 is 1.51 bits per heavy atom. The van der Waals surface area contributed by atoms with Crippen LogP contribution in [-0.2, 0) is 35.0 Å². The number of ether oxygens (including phenoxy) is 5. The highest BCUT2D eigenvalue weighted by Gasteiger charge is 2.75. The van der Waals surface area contributed by atoms with E-state index in [0.717, 1.165) is 43.2 Å². The van der Waals surface area contributed by atoms with Crippen molar-refractivity contribution in [2.75, 3.05) is 0 Å². The fourth-order valence-corrected chi connectivity index (χ4v) is 9.47. The summed E-state index contributed by atoms with van der Waals surface area (Å²) in [6.07, 6.45) is 5.92. The molecule has 2 heterocycles. The largest absolute Gasteiger partial charge is 0.427 e. The molecule has 4 fully saturated rings. The Morgan fingerprint density at radius 1 is 0.854 bits per heavy atom. The first-order valence-electron chi connectivity index (χ1n) is 15.1. The number of aryl methyl sites for hydroxylation is 1. The monoisotopic (exact) mass is 570 g/mol. The first kappa shape index (κ1) is 30.0. The van der Waals surface area contributed by atoms with Gasteiger partial charge in [0.05, 0.1) is 5.60 Å². The summed E-state index contributed by atoms with van der Waals surface area (Å²) < 4.78 is 30.2. The van der Waals surface area contributed by atoms with E-state index in [0.29, 0.717) is 36.2 Å². The van der Waals surface area contributed by atoms with Crippen LogP contribution in [0.25, 0.3) is 0 Å². The number of benzene rings is 1. The van der Waals surface area contributed by atoms with Crippen LogP contribution in [0.15, 0.2) is 12.1 Å². The first-order chi connectivity index (χ1) is 19.0. The Hall–Kier alpha value is -2.45. The van der Waals surface area contributed by atoms with Crippen molar-refractivity contribution in [3.63, 3.8) is 0 Å². The number of hydrogen-bond donors (Lipinski definition) is 0. The van der Waals surface area contributed by atoms with Gasteiger partial charge in [-0.2, -0.15) is 0 Å². The van der Waals surface area contributed by atoms with Gasteiger partial charge < -0.3 is 23.7 Å². The summed E-state index contributed by atoms with van der Waals surface area (Å²) in [7, 11) is 0. The van der Waals surface area contributed by atoms with Gasteiger partial charge in [0.15, 0.2) is 0 Å². The second-order valence-corrected chi connectivity index (χ2v) is 14.1. The van der Waals surface area contributed by atoms with Gasteiger partial charge in [-0.1, -0.05) is 20.8 Å². The Morgan fingerprint density at radius 3 is 2.15 bits per heavy atom. The van der Waals surface area contributed by atoms with Gasteiger partial charge >= 0.3 is 23.9 Å². The third-order valence-electron chi connectivity index (χ3n) is 11.2. The van der Waals surface area contributed by atoms with Crippen molar-refractivity contribution in [3.8, 4) is 11.5 Å². The number of carbonyl (C=O) groups excluding carboxylic acids is 3. The van der Waals surface area contributed by atoms with Crippen LogP contribution < -0.4 is 9.47 Å². The average molecular weight is 571 g/mol. The van der Waals surface area contributed by atoms with Gasteiger partial charge in [-0.15, -0.1) is 0 Å². The molecule has 0 N–H and O–H groups in total. The summed E-state index contributed by atoms with van der Waals surface area (Å²) in [5.41, 5.74) is 0.305. The molecule has 2 bridgehead atoms. The lowest BCUT2D eigenvalue weighted by molar-refractivity contribution is -0.364. The van der Waals surface area contributed by atoms with Crippen molar-refractivity contribution in [3.05, 3.63) is 23.3 Å². The van der Waals surface area contributed by atoms with E-state index in [2.05, 4.69) is 34.6 Å².